The molecule has 1 aromatic rings. The van der Waals surface area contributed by atoms with Gasteiger partial charge in [-0.15, -0.1) is 11.8 Å². The van der Waals surface area contributed by atoms with Crippen LogP contribution in [-0.4, -0.2) is 22.8 Å². The van der Waals surface area contributed by atoms with E-state index >= 15 is 0 Å². The molecule has 61 valence electrons. The topological polar surface area (TPSA) is 47.0 Å². The lowest BCUT2D eigenvalue weighted by Gasteiger charge is -1.94. The second kappa shape index (κ2) is 4.66. The predicted molar refractivity (Wildman–Crippen MR) is 45.7 cm³/mol. The second-order valence-corrected chi connectivity index (χ2v) is 3.05. The van der Waals surface area contributed by atoms with E-state index in [1.54, 1.807) is 24.5 Å². The van der Waals surface area contributed by atoms with Gasteiger partial charge in [-0.05, 0) is 12.1 Å². The quantitative estimate of drug-likeness (QED) is 0.509. The highest BCUT2D eigenvalue weighted by Crippen LogP contribution is 2.15. The van der Waals surface area contributed by atoms with Crippen LogP contribution in [0.3, 0.4) is 0 Å². The fraction of sp³-hybridized carbons (Fsp3) is 0.125. The molecule has 0 spiro atoms. The van der Waals surface area contributed by atoms with Gasteiger partial charge in [0.15, 0.2) is 0 Å². The maximum Gasteiger partial charge on any atom is 0.273 e. The number of aromatic nitrogens is 1. The van der Waals surface area contributed by atoms with Crippen LogP contribution in [-0.2, 0) is 9.59 Å². The van der Waals surface area contributed by atoms with Gasteiger partial charge < -0.3 is 0 Å². The van der Waals surface area contributed by atoms with Crippen molar-refractivity contribution in [2.75, 3.05) is 5.75 Å². The number of rotatable bonds is 4. The molecule has 0 saturated heterocycles. The van der Waals surface area contributed by atoms with E-state index in [0.717, 1.165) is 4.90 Å². The van der Waals surface area contributed by atoms with Gasteiger partial charge in [0, 0.05) is 17.3 Å². The number of carbonyl (C=O) groups excluding carboxylic acids is 2. The van der Waals surface area contributed by atoms with Crippen molar-refractivity contribution in [1.82, 2.24) is 4.98 Å². The van der Waals surface area contributed by atoms with Crippen LogP contribution in [0.2, 0.25) is 0 Å². The van der Waals surface area contributed by atoms with Crippen LogP contribution in [0, 0.1) is 0 Å². The van der Waals surface area contributed by atoms with Crippen LogP contribution in [0.1, 0.15) is 0 Å². The van der Waals surface area contributed by atoms with Gasteiger partial charge in [0.2, 0.25) is 5.78 Å². The van der Waals surface area contributed by atoms with E-state index in [1.807, 2.05) is 0 Å². The average Bonchev–Trinajstić information content (AvgIpc) is 2.16. The first kappa shape index (κ1) is 8.93. The van der Waals surface area contributed by atoms with Gasteiger partial charge in [-0.3, -0.25) is 14.6 Å². The number of thioether (sulfide) groups is 1. The predicted octanol–water partition coefficient (Wildman–Crippen LogP) is 0.852. The molecule has 1 radical (unpaired) electrons. The molecule has 1 heterocycles. The molecule has 0 aliphatic rings. The standard InChI is InChI=1S/C8H6NO2S/c10-5-7(11)6-12-8-1-3-9-4-2-8/h1-4H,6H2. The molecule has 12 heavy (non-hydrogen) atoms. The van der Waals surface area contributed by atoms with E-state index in [2.05, 4.69) is 4.98 Å². The van der Waals surface area contributed by atoms with Crippen LogP contribution in [0.25, 0.3) is 0 Å². The normalized spacial score (nSPS) is 9.33. The third kappa shape index (κ3) is 2.84. The van der Waals surface area contributed by atoms with Gasteiger partial charge in [0.1, 0.15) is 0 Å². The Kier molecular flexibility index (Phi) is 3.47. The fourth-order valence-electron chi connectivity index (χ4n) is 0.613. The van der Waals surface area contributed by atoms with E-state index in [1.165, 1.54) is 18.0 Å². The molecule has 3 nitrogen and oxygen atoms in total. The maximum atomic E-state index is 10.5. The van der Waals surface area contributed by atoms with Crippen molar-refractivity contribution in [1.29, 1.82) is 0 Å². The van der Waals surface area contributed by atoms with Gasteiger partial charge in [-0.2, -0.15) is 0 Å². The lowest BCUT2D eigenvalue weighted by molar-refractivity contribution is -0.110. The zero-order valence-corrected chi connectivity index (χ0v) is 7.00. The van der Waals surface area contributed by atoms with E-state index in [0.29, 0.717) is 0 Å². The first-order chi connectivity index (χ1) is 5.83. The Morgan fingerprint density at radius 1 is 1.50 bits per heavy atom. The van der Waals surface area contributed by atoms with E-state index in [4.69, 9.17) is 0 Å². The third-order valence-electron chi connectivity index (χ3n) is 1.13. The van der Waals surface area contributed by atoms with Gasteiger partial charge in [-0.1, -0.05) is 0 Å². The monoisotopic (exact) mass is 180 g/mol. The lowest BCUT2D eigenvalue weighted by Crippen LogP contribution is -2.01. The Bertz CT molecular complexity index is 274. The molecule has 0 bridgehead atoms. The van der Waals surface area contributed by atoms with Crippen molar-refractivity contribution in [2.24, 2.45) is 0 Å². The van der Waals surface area contributed by atoms with Crippen LogP contribution < -0.4 is 0 Å². The molecular formula is C8H6NO2S. The summed E-state index contributed by atoms with van der Waals surface area (Å²) < 4.78 is 0. The zero-order chi connectivity index (χ0) is 8.81. The first-order valence-electron chi connectivity index (χ1n) is 3.27. The van der Waals surface area contributed by atoms with E-state index in [-0.39, 0.29) is 5.75 Å². The molecule has 0 atom stereocenters. The molecule has 0 aliphatic carbocycles. The highest BCUT2D eigenvalue weighted by atomic mass is 32.2. The van der Waals surface area contributed by atoms with Crippen molar-refractivity contribution in [2.45, 2.75) is 4.90 Å². The van der Waals surface area contributed by atoms with Gasteiger partial charge in [0.25, 0.3) is 6.29 Å². The third-order valence-corrected chi connectivity index (χ3v) is 2.15. The minimum absolute atomic E-state index is 0.146. The highest BCUT2D eigenvalue weighted by Gasteiger charge is 2.00. The lowest BCUT2D eigenvalue weighted by atomic mass is 10.5. The summed E-state index contributed by atoms with van der Waals surface area (Å²) in [7, 11) is 0. The maximum absolute atomic E-state index is 10.5. The molecular weight excluding hydrogens is 174 g/mol. The van der Waals surface area contributed by atoms with Crippen LogP contribution >= 0.6 is 11.8 Å². The summed E-state index contributed by atoms with van der Waals surface area (Å²) in [5.41, 5.74) is 0. The molecule has 0 N–H and O–H groups in total. The summed E-state index contributed by atoms with van der Waals surface area (Å²) >= 11 is 1.30. The SMILES string of the molecule is O=[C]C(=O)CSc1ccncc1. The summed E-state index contributed by atoms with van der Waals surface area (Å²) in [5.74, 6) is -0.370. The van der Waals surface area contributed by atoms with Crippen LogP contribution in [0.5, 0.6) is 0 Å². The number of pyridine rings is 1. The van der Waals surface area contributed by atoms with Crippen molar-refractivity contribution >= 4 is 23.8 Å². The van der Waals surface area contributed by atoms with Crippen molar-refractivity contribution in [3.05, 3.63) is 24.5 Å². The zero-order valence-electron chi connectivity index (χ0n) is 6.19. The van der Waals surface area contributed by atoms with E-state index < -0.39 is 5.78 Å². The number of ketones is 1. The number of hydrogen-bond acceptors (Lipinski definition) is 4. The Morgan fingerprint density at radius 3 is 2.75 bits per heavy atom. The first-order valence-corrected chi connectivity index (χ1v) is 4.25. The second-order valence-electron chi connectivity index (χ2n) is 2.00. The molecule has 1 aromatic heterocycles. The average molecular weight is 180 g/mol. The minimum Gasteiger partial charge on any atom is -0.289 e. The number of nitrogens with zero attached hydrogens (tertiary/aromatic N) is 1. The number of carbonyl (C=O) groups is 1. The summed E-state index contributed by atoms with van der Waals surface area (Å²) in [6.07, 6.45) is 4.58. The molecule has 1 rings (SSSR count). The largest absolute Gasteiger partial charge is 0.289 e. The van der Waals surface area contributed by atoms with Crippen molar-refractivity contribution in [3.8, 4) is 0 Å². The molecule has 4 heteroatoms. The summed E-state index contributed by atoms with van der Waals surface area (Å²) in [5, 5.41) is 0. The van der Waals surface area contributed by atoms with Gasteiger partial charge >= 0.3 is 0 Å². The van der Waals surface area contributed by atoms with Crippen LogP contribution in [0.15, 0.2) is 29.4 Å². The number of hydrogen-bond donors (Lipinski definition) is 0. The van der Waals surface area contributed by atoms with Gasteiger partial charge in [-0.25, -0.2) is 0 Å². The Labute approximate surface area is 74.2 Å². The molecule has 0 aromatic carbocycles. The minimum atomic E-state index is -0.517. The van der Waals surface area contributed by atoms with Gasteiger partial charge in [0.05, 0.1) is 5.75 Å². The summed E-state index contributed by atoms with van der Waals surface area (Å²) in [6.45, 7) is 0. The Hall–Kier alpha value is -1.16. The number of Topliss-reactive ketones (excluding diaryl/α,β-unsaturated/α-hetero) is 1. The van der Waals surface area contributed by atoms with Crippen LogP contribution in [0.4, 0.5) is 0 Å². The molecule has 0 amide bonds. The van der Waals surface area contributed by atoms with Crippen molar-refractivity contribution in [3.63, 3.8) is 0 Å². The molecule has 0 fully saturated rings. The summed E-state index contributed by atoms with van der Waals surface area (Å²) in [4.78, 5) is 25.1. The highest BCUT2D eigenvalue weighted by molar-refractivity contribution is 8.00. The van der Waals surface area contributed by atoms with Crippen molar-refractivity contribution < 1.29 is 9.59 Å². The smallest absolute Gasteiger partial charge is 0.273 e. The van der Waals surface area contributed by atoms with E-state index in [9.17, 15) is 9.59 Å². The Balaban J connectivity index is 2.43. The fourth-order valence-corrected chi connectivity index (χ4v) is 1.28. The molecule has 0 aliphatic heterocycles. The summed E-state index contributed by atoms with van der Waals surface area (Å²) in [6, 6.07) is 3.56. The Morgan fingerprint density at radius 2 is 2.17 bits per heavy atom. The molecule has 0 saturated carbocycles. The molecule has 0 unspecified atom stereocenters.